The fourth-order valence-corrected chi connectivity index (χ4v) is 6.09. The first-order valence-corrected chi connectivity index (χ1v) is 13.7. The lowest BCUT2D eigenvalue weighted by Gasteiger charge is -2.43. The number of piperazine rings is 1. The molecule has 1 saturated carbocycles. The van der Waals surface area contributed by atoms with Crippen LogP contribution >= 0.6 is 0 Å². The lowest BCUT2D eigenvalue weighted by molar-refractivity contribution is -0.140. The summed E-state index contributed by atoms with van der Waals surface area (Å²) in [6.45, 7) is 10.3. The molecule has 0 unspecified atom stereocenters. The maximum Gasteiger partial charge on any atom is 0.251 e. The number of ether oxygens (including phenoxy) is 1. The third-order valence-electron chi connectivity index (χ3n) is 8.63. The van der Waals surface area contributed by atoms with E-state index >= 15 is 0 Å². The summed E-state index contributed by atoms with van der Waals surface area (Å²) in [4.78, 5) is 46.1. The molecule has 2 N–H and O–H groups in total. The number of nitrogens with zero attached hydrogens (tertiary/aromatic N) is 3. The highest BCUT2D eigenvalue weighted by Crippen LogP contribution is 2.31. The van der Waals surface area contributed by atoms with Crippen LogP contribution < -0.4 is 15.5 Å². The van der Waals surface area contributed by atoms with E-state index in [0.29, 0.717) is 12.1 Å². The van der Waals surface area contributed by atoms with Gasteiger partial charge >= 0.3 is 0 Å². The minimum absolute atomic E-state index is 0.0197. The number of likely N-dealkylation sites (N-methyl/N-ethyl adjacent to an activating group) is 1. The Morgan fingerprint density at radius 2 is 1.73 bits per heavy atom. The second-order valence-electron chi connectivity index (χ2n) is 12.0. The van der Waals surface area contributed by atoms with Crippen LogP contribution in [0.15, 0.2) is 24.3 Å². The number of Topliss-reactive ketones (excluding diaryl/α,β-unsaturated/α-hetero) is 1. The van der Waals surface area contributed by atoms with Gasteiger partial charge < -0.3 is 25.2 Å². The van der Waals surface area contributed by atoms with Gasteiger partial charge in [0, 0.05) is 50.0 Å². The van der Waals surface area contributed by atoms with Gasteiger partial charge in [-0.05, 0) is 49.6 Å². The van der Waals surface area contributed by atoms with Gasteiger partial charge in [0.2, 0.25) is 5.91 Å². The second kappa shape index (κ2) is 10.3. The van der Waals surface area contributed by atoms with E-state index in [1.165, 1.54) is 19.3 Å². The van der Waals surface area contributed by atoms with Crippen LogP contribution in [-0.4, -0.2) is 104 Å². The molecule has 202 valence electrons. The van der Waals surface area contributed by atoms with Gasteiger partial charge in [-0.25, -0.2) is 0 Å². The third kappa shape index (κ3) is 5.13. The molecule has 9 heteroatoms. The van der Waals surface area contributed by atoms with Crippen molar-refractivity contribution in [1.29, 1.82) is 0 Å². The summed E-state index contributed by atoms with van der Waals surface area (Å²) in [7, 11) is 1.81. The zero-order valence-electron chi connectivity index (χ0n) is 22.5. The van der Waals surface area contributed by atoms with Crippen LogP contribution in [0.5, 0.6) is 0 Å². The number of benzene rings is 1. The maximum absolute atomic E-state index is 13.7. The molecule has 3 heterocycles. The zero-order valence-corrected chi connectivity index (χ0v) is 22.5. The lowest BCUT2D eigenvalue weighted by Crippen LogP contribution is -2.57. The number of nitrogens with one attached hydrogen (secondary N) is 2. The first-order valence-electron chi connectivity index (χ1n) is 13.7. The van der Waals surface area contributed by atoms with Crippen molar-refractivity contribution >= 4 is 23.3 Å². The van der Waals surface area contributed by atoms with E-state index in [9.17, 15) is 14.4 Å². The molecule has 37 heavy (non-hydrogen) atoms. The second-order valence-corrected chi connectivity index (χ2v) is 12.0. The van der Waals surface area contributed by atoms with Crippen molar-refractivity contribution in [3.8, 4) is 0 Å². The Morgan fingerprint density at radius 3 is 2.30 bits per heavy atom. The zero-order chi connectivity index (χ0) is 26.3. The number of hydrogen-bond acceptors (Lipinski definition) is 7. The predicted octanol–water partition coefficient (Wildman–Crippen LogP) is 1.27. The van der Waals surface area contributed by atoms with Crippen LogP contribution in [0, 0.1) is 5.41 Å². The number of carbonyl (C=O) groups excluding carboxylic acids is 3. The normalized spacial score (nSPS) is 27.7. The van der Waals surface area contributed by atoms with Crippen molar-refractivity contribution in [3.63, 3.8) is 0 Å². The summed E-state index contributed by atoms with van der Waals surface area (Å²) < 4.78 is 5.68. The highest BCUT2D eigenvalue weighted by Gasteiger charge is 2.53. The van der Waals surface area contributed by atoms with E-state index < -0.39 is 17.5 Å². The lowest BCUT2D eigenvalue weighted by atomic mass is 9.85. The van der Waals surface area contributed by atoms with Crippen LogP contribution in [0.4, 0.5) is 5.69 Å². The Labute approximate surface area is 219 Å². The van der Waals surface area contributed by atoms with Crippen molar-refractivity contribution in [2.75, 3.05) is 51.3 Å². The molecule has 1 aromatic rings. The standard InChI is InChI=1S/C28H41N5O4/c1-28(2,3)25(27(36)33-16-21(29-4)24-23(33)22(34)17-37-24)30-26(35)18-8-10-20(11-9-18)32-14-12-31(13-15-32)19-6-5-7-19/h8-11,19,21,23-25,29H,5-7,12-17H2,1-4H3,(H,30,35)/t21-,23+,24+,25+/m0/s1. The summed E-state index contributed by atoms with van der Waals surface area (Å²) in [5.41, 5.74) is 1.10. The molecule has 1 aliphatic carbocycles. The van der Waals surface area contributed by atoms with Gasteiger partial charge in [0.15, 0.2) is 5.78 Å². The van der Waals surface area contributed by atoms with Gasteiger partial charge in [-0.2, -0.15) is 0 Å². The van der Waals surface area contributed by atoms with Crippen molar-refractivity contribution < 1.29 is 19.1 Å². The van der Waals surface area contributed by atoms with Crippen LogP contribution in [0.2, 0.25) is 0 Å². The molecule has 5 rings (SSSR count). The van der Waals surface area contributed by atoms with Gasteiger partial charge in [-0.15, -0.1) is 0 Å². The van der Waals surface area contributed by atoms with Crippen LogP contribution in [0.3, 0.4) is 0 Å². The monoisotopic (exact) mass is 511 g/mol. The maximum atomic E-state index is 13.7. The first-order chi connectivity index (χ1) is 17.7. The van der Waals surface area contributed by atoms with Gasteiger partial charge in [0.1, 0.15) is 24.8 Å². The van der Waals surface area contributed by atoms with Gasteiger partial charge in [0.25, 0.3) is 5.91 Å². The summed E-state index contributed by atoms with van der Waals surface area (Å²) in [6.07, 6.45) is 3.68. The Bertz CT molecular complexity index is 1010. The summed E-state index contributed by atoms with van der Waals surface area (Å²) in [6, 6.07) is 6.97. The number of amides is 2. The molecule has 9 nitrogen and oxygen atoms in total. The highest BCUT2D eigenvalue weighted by atomic mass is 16.5. The van der Waals surface area contributed by atoms with Crippen LogP contribution in [0.25, 0.3) is 0 Å². The van der Waals surface area contributed by atoms with Gasteiger partial charge in [0.05, 0.1) is 6.04 Å². The van der Waals surface area contributed by atoms with E-state index in [4.69, 9.17) is 4.74 Å². The molecule has 3 aliphatic heterocycles. The largest absolute Gasteiger partial charge is 0.369 e. The van der Waals surface area contributed by atoms with Crippen molar-refractivity contribution in [1.82, 2.24) is 20.4 Å². The number of ketones is 1. The average molecular weight is 512 g/mol. The molecule has 1 aromatic carbocycles. The Morgan fingerprint density at radius 1 is 1.05 bits per heavy atom. The number of fused-ring (bicyclic) bond motifs is 1. The number of rotatable bonds is 6. The molecule has 0 bridgehead atoms. The molecule has 0 radical (unpaired) electrons. The molecule has 3 saturated heterocycles. The average Bonchev–Trinajstić information content (AvgIpc) is 3.41. The molecular formula is C28H41N5O4. The molecule has 0 aromatic heterocycles. The SMILES string of the molecule is CN[C@H]1CN(C(=O)[C@@H](NC(=O)c2ccc(N3CCN(C4CCC4)CC3)cc2)C(C)(C)C)[C@@H]2C(=O)CO[C@H]12. The topological polar surface area (TPSA) is 94.2 Å². The fraction of sp³-hybridized carbons (Fsp3) is 0.679. The summed E-state index contributed by atoms with van der Waals surface area (Å²) in [5, 5.41) is 6.15. The van der Waals surface area contributed by atoms with Gasteiger partial charge in [-0.1, -0.05) is 27.2 Å². The molecule has 4 aliphatic rings. The molecule has 4 atom stereocenters. The summed E-state index contributed by atoms with van der Waals surface area (Å²) in [5.74, 6) is -0.614. The van der Waals surface area contributed by atoms with E-state index in [2.05, 4.69) is 20.4 Å². The van der Waals surface area contributed by atoms with E-state index in [1.807, 2.05) is 52.1 Å². The Hall–Kier alpha value is -2.49. The molecule has 2 amide bonds. The Kier molecular flexibility index (Phi) is 7.31. The minimum atomic E-state index is -0.774. The van der Waals surface area contributed by atoms with Crippen LogP contribution in [-0.2, 0) is 14.3 Å². The Balaban J connectivity index is 1.24. The fourth-order valence-electron chi connectivity index (χ4n) is 6.09. The highest BCUT2D eigenvalue weighted by molar-refractivity contribution is 5.99. The first kappa shape index (κ1) is 26.1. The number of likely N-dealkylation sites (tertiary alicyclic amines) is 1. The number of anilines is 1. The van der Waals surface area contributed by atoms with Crippen molar-refractivity contribution in [2.24, 2.45) is 5.41 Å². The third-order valence-corrected chi connectivity index (χ3v) is 8.63. The van der Waals surface area contributed by atoms with E-state index in [-0.39, 0.29) is 36.4 Å². The number of hydrogen-bond donors (Lipinski definition) is 2. The van der Waals surface area contributed by atoms with E-state index in [0.717, 1.165) is 37.9 Å². The van der Waals surface area contributed by atoms with E-state index in [1.54, 1.807) is 4.90 Å². The molecular weight excluding hydrogens is 470 g/mol. The molecule has 0 spiro atoms. The summed E-state index contributed by atoms with van der Waals surface area (Å²) >= 11 is 0. The van der Waals surface area contributed by atoms with Crippen LogP contribution in [0.1, 0.15) is 50.4 Å². The van der Waals surface area contributed by atoms with Crippen molar-refractivity contribution in [2.45, 2.75) is 70.3 Å². The van der Waals surface area contributed by atoms with Crippen molar-refractivity contribution in [3.05, 3.63) is 29.8 Å². The van der Waals surface area contributed by atoms with Gasteiger partial charge in [-0.3, -0.25) is 19.3 Å². The molecule has 4 fully saturated rings. The predicted molar refractivity (Wildman–Crippen MR) is 142 cm³/mol. The smallest absolute Gasteiger partial charge is 0.251 e. The number of carbonyl (C=O) groups is 3. The minimum Gasteiger partial charge on any atom is -0.369 e. The quantitative estimate of drug-likeness (QED) is 0.594.